The molecule has 1 aliphatic heterocycles. The third kappa shape index (κ3) is 3.65. The molecule has 5 heteroatoms. The molecule has 5 nitrogen and oxygen atoms in total. The summed E-state index contributed by atoms with van der Waals surface area (Å²) in [6.45, 7) is 3.59. The quantitative estimate of drug-likeness (QED) is 0.815. The van der Waals surface area contributed by atoms with E-state index >= 15 is 0 Å². The van der Waals surface area contributed by atoms with E-state index in [4.69, 9.17) is 4.74 Å². The van der Waals surface area contributed by atoms with Crippen molar-refractivity contribution in [2.24, 2.45) is 5.92 Å². The maximum absolute atomic E-state index is 5.74. The van der Waals surface area contributed by atoms with Crippen molar-refractivity contribution in [3.05, 3.63) is 29.3 Å². The van der Waals surface area contributed by atoms with Crippen LogP contribution in [-0.2, 0) is 11.3 Å². The smallest absolute Gasteiger partial charge is 0.205 e. The van der Waals surface area contributed by atoms with E-state index in [0.29, 0.717) is 18.3 Å². The lowest BCUT2D eigenvalue weighted by molar-refractivity contribution is 0.00133. The second kappa shape index (κ2) is 6.74. The van der Waals surface area contributed by atoms with Crippen molar-refractivity contribution in [2.45, 2.75) is 51.7 Å². The van der Waals surface area contributed by atoms with Crippen LogP contribution in [0.1, 0.15) is 43.2 Å². The molecule has 1 saturated heterocycles. The molecule has 2 aromatic rings. The molecule has 1 aromatic heterocycles. The Morgan fingerprint density at radius 3 is 2.92 bits per heavy atom. The lowest BCUT2D eigenvalue weighted by atomic mass is 10.0. The number of aromatic nitrogens is 4. The first-order chi connectivity index (χ1) is 11.8. The lowest BCUT2D eigenvalue weighted by Gasteiger charge is -2.21. The molecule has 1 atom stereocenters. The number of ether oxygens (including phenoxy) is 1. The van der Waals surface area contributed by atoms with Crippen molar-refractivity contribution in [3.63, 3.8) is 0 Å². The second-order valence-electron chi connectivity index (χ2n) is 6.73. The van der Waals surface area contributed by atoms with Gasteiger partial charge in [0.1, 0.15) is 0 Å². The summed E-state index contributed by atoms with van der Waals surface area (Å²) in [5.41, 5.74) is 3.21. The van der Waals surface area contributed by atoms with E-state index in [1.165, 1.54) is 19.3 Å². The standard InChI is InChI=1S/C19H22N4O/c1-14-12-16(8-7-15-5-6-15)9-10-18(14)19-20-22-23(21-19)13-17-4-2-3-11-24-17/h9-10,12,15,17H,2-6,11,13H2,1H3. The summed E-state index contributed by atoms with van der Waals surface area (Å²) in [6, 6.07) is 6.20. The Labute approximate surface area is 142 Å². The normalized spacial score (nSPS) is 20.5. The number of rotatable bonds is 3. The summed E-state index contributed by atoms with van der Waals surface area (Å²) < 4.78 is 5.74. The molecule has 1 aromatic carbocycles. The summed E-state index contributed by atoms with van der Waals surface area (Å²) in [4.78, 5) is 1.66. The molecular weight excluding hydrogens is 300 g/mol. The van der Waals surface area contributed by atoms with Crippen LogP contribution in [0.15, 0.2) is 18.2 Å². The van der Waals surface area contributed by atoms with Crippen LogP contribution in [0.4, 0.5) is 0 Å². The minimum Gasteiger partial charge on any atom is -0.376 e. The third-order valence-electron chi connectivity index (χ3n) is 4.56. The topological polar surface area (TPSA) is 52.8 Å². The molecule has 24 heavy (non-hydrogen) atoms. The highest BCUT2D eigenvalue weighted by Gasteiger charge is 2.18. The fourth-order valence-corrected chi connectivity index (χ4v) is 2.97. The average molecular weight is 322 g/mol. The summed E-state index contributed by atoms with van der Waals surface area (Å²) in [7, 11) is 0. The van der Waals surface area contributed by atoms with Gasteiger partial charge in [-0.15, -0.1) is 10.2 Å². The van der Waals surface area contributed by atoms with E-state index in [0.717, 1.165) is 36.1 Å². The van der Waals surface area contributed by atoms with Gasteiger partial charge in [0.2, 0.25) is 5.82 Å². The highest BCUT2D eigenvalue weighted by Crippen LogP contribution is 2.28. The molecule has 0 amide bonds. The van der Waals surface area contributed by atoms with Gasteiger partial charge in [-0.2, -0.15) is 4.80 Å². The molecule has 2 aliphatic rings. The van der Waals surface area contributed by atoms with Gasteiger partial charge < -0.3 is 4.74 Å². The summed E-state index contributed by atoms with van der Waals surface area (Å²) in [6.07, 6.45) is 6.16. The van der Waals surface area contributed by atoms with Gasteiger partial charge in [-0.3, -0.25) is 0 Å². The summed E-state index contributed by atoms with van der Waals surface area (Å²) in [5.74, 6) is 7.84. The van der Waals surface area contributed by atoms with Gasteiger partial charge in [-0.25, -0.2) is 0 Å². The van der Waals surface area contributed by atoms with Gasteiger partial charge in [0.25, 0.3) is 0 Å². The fraction of sp³-hybridized carbons (Fsp3) is 0.526. The largest absolute Gasteiger partial charge is 0.376 e. The molecule has 1 saturated carbocycles. The first-order valence-electron chi connectivity index (χ1n) is 8.80. The van der Waals surface area contributed by atoms with E-state index < -0.39 is 0 Å². The average Bonchev–Trinajstić information content (AvgIpc) is 3.32. The Morgan fingerprint density at radius 1 is 1.25 bits per heavy atom. The molecule has 124 valence electrons. The Balaban J connectivity index is 1.48. The Hall–Kier alpha value is -2.19. The van der Waals surface area contributed by atoms with Crippen LogP contribution >= 0.6 is 0 Å². The van der Waals surface area contributed by atoms with Crippen LogP contribution in [0.25, 0.3) is 11.4 Å². The highest BCUT2D eigenvalue weighted by molar-refractivity contribution is 5.61. The van der Waals surface area contributed by atoms with Gasteiger partial charge >= 0.3 is 0 Å². The second-order valence-corrected chi connectivity index (χ2v) is 6.73. The number of nitrogens with zero attached hydrogens (tertiary/aromatic N) is 4. The Kier molecular flexibility index (Phi) is 4.31. The van der Waals surface area contributed by atoms with Crippen molar-refractivity contribution >= 4 is 0 Å². The molecule has 0 radical (unpaired) electrons. The fourth-order valence-electron chi connectivity index (χ4n) is 2.97. The van der Waals surface area contributed by atoms with Gasteiger partial charge in [-0.1, -0.05) is 11.8 Å². The molecule has 0 N–H and O–H groups in total. The molecule has 0 bridgehead atoms. The number of hydrogen-bond donors (Lipinski definition) is 0. The highest BCUT2D eigenvalue weighted by atomic mass is 16.5. The summed E-state index contributed by atoms with van der Waals surface area (Å²) in [5, 5.41) is 12.9. The van der Waals surface area contributed by atoms with Crippen LogP contribution in [-0.4, -0.2) is 32.9 Å². The van der Waals surface area contributed by atoms with Crippen LogP contribution in [0.2, 0.25) is 0 Å². The predicted octanol–water partition coefficient (Wildman–Crippen LogP) is 2.98. The SMILES string of the molecule is Cc1cc(C#CC2CC2)ccc1-c1nnn(CC2CCCCO2)n1. The van der Waals surface area contributed by atoms with E-state index in [2.05, 4.69) is 40.2 Å². The van der Waals surface area contributed by atoms with Crippen LogP contribution in [0.5, 0.6) is 0 Å². The number of tetrazole rings is 1. The number of benzene rings is 1. The Morgan fingerprint density at radius 2 is 2.17 bits per heavy atom. The molecule has 2 heterocycles. The van der Waals surface area contributed by atoms with Crippen molar-refractivity contribution < 1.29 is 4.74 Å². The Bertz CT molecular complexity index is 776. The van der Waals surface area contributed by atoms with E-state index in [9.17, 15) is 0 Å². The van der Waals surface area contributed by atoms with Crippen LogP contribution < -0.4 is 0 Å². The van der Waals surface area contributed by atoms with Crippen molar-refractivity contribution in [1.82, 2.24) is 20.2 Å². The van der Waals surface area contributed by atoms with Gasteiger partial charge in [0, 0.05) is 23.7 Å². The monoisotopic (exact) mass is 322 g/mol. The number of aryl methyl sites for hydroxylation is 1. The van der Waals surface area contributed by atoms with Crippen molar-refractivity contribution in [3.8, 4) is 23.2 Å². The minimum atomic E-state index is 0.210. The van der Waals surface area contributed by atoms with Crippen LogP contribution in [0, 0.1) is 24.7 Å². The molecular formula is C19H22N4O. The maximum Gasteiger partial charge on any atom is 0.205 e. The molecule has 1 aliphatic carbocycles. The van der Waals surface area contributed by atoms with E-state index in [1.54, 1.807) is 4.80 Å². The van der Waals surface area contributed by atoms with Gasteiger partial charge in [0.15, 0.2) is 0 Å². The first-order valence-corrected chi connectivity index (χ1v) is 8.80. The van der Waals surface area contributed by atoms with Crippen molar-refractivity contribution in [2.75, 3.05) is 6.61 Å². The maximum atomic E-state index is 5.74. The third-order valence-corrected chi connectivity index (χ3v) is 4.56. The molecule has 0 spiro atoms. The zero-order chi connectivity index (χ0) is 16.4. The number of hydrogen-bond acceptors (Lipinski definition) is 4. The first kappa shape index (κ1) is 15.3. The van der Waals surface area contributed by atoms with Crippen LogP contribution in [0.3, 0.4) is 0 Å². The zero-order valence-electron chi connectivity index (χ0n) is 14.0. The van der Waals surface area contributed by atoms with E-state index in [1.807, 2.05) is 12.1 Å². The van der Waals surface area contributed by atoms with Gasteiger partial charge in [0.05, 0.1) is 12.6 Å². The predicted molar refractivity (Wildman–Crippen MR) is 91.2 cm³/mol. The lowest BCUT2D eigenvalue weighted by Crippen LogP contribution is -2.25. The van der Waals surface area contributed by atoms with Gasteiger partial charge in [-0.05, 0) is 68.0 Å². The molecule has 2 fully saturated rings. The van der Waals surface area contributed by atoms with E-state index in [-0.39, 0.29) is 6.10 Å². The minimum absolute atomic E-state index is 0.210. The summed E-state index contributed by atoms with van der Waals surface area (Å²) >= 11 is 0. The molecule has 4 rings (SSSR count). The molecule has 1 unspecified atom stereocenters. The zero-order valence-corrected chi connectivity index (χ0v) is 14.0. The van der Waals surface area contributed by atoms with Crippen molar-refractivity contribution in [1.29, 1.82) is 0 Å².